The SMILES string of the molecule is CNC(NCCN(C)c1ccc(CCOC)o1)=C(C#N)C#N. The van der Waals surface area contributed by atoms with Gasteiger partial charge in [0, 0.05) is 46.8 Å². The standard InChI is InChI=1S/C15H21N5O2/c1-18-15(12(10-16)11-17)19-7-8-20(2)14-5-4-13(22-14)6-9-21-3/h4-5,18-19H,6-9H2,1-3H3. The molecule has 118 valence electrons. The number of allylic oxidation sites excluding steroid dienone is 1. The number of methoxy groups -OCH3 is 1. The Morgan fingerprint density at radius 3 is 2.68 bits per heavy atom. The maximum absolute atomic E-state index is 8.84. The molecular weight excluding hydrogens is 282 g/mol. The van der Waals surface area contributed by atoms with Crippen LogP contribution in [0.4, 0.5) is 5.88 Å². The molecule has 22 heavy (non-hydrogen) atoms. The van der Waals surface area contributed by atoms with E-state index in [0.29, 0.717) is 25.5 Å². The molecule has 0 saturated carbocycles. The molecule has 0 radical (unpaired) electrons. The zero-order valence-corrected chi connectivity index (χ0v) is 13.1. The molecule has 1 aromatic rings. The zero-order valence-electron chi connectivity index (χ0n) is 13.1. The first-order valence-corrected chi connectivity index (χ1v) is 6.91. The number of furan rings is 1. The summed E-state index contributed by atoms with van der Waals surface area (Å²) in [6.07, 6.45) is 0.739. The smallest absolute Gasteiger partial charge is 0.195 e. The van der Waals surface area contributed by atoms with E-state index < -0.39 is 0 Å². The maximum atomic E-state index is 8.84. The first kappa shape index (κ1) is 17.4. The van der Waals surface area contributed by atoms with Crippen molar-refractivity contribution in [2.75, 3.05) is 45.8 Å². The van der Waals surface area contributed by atoms with Crippen LogP contribution in [0.15, 0.2) is 27.9 Å². The molecule has 0 fully saturated rings. The van der Waals surface area contributed by atoms with Gasteiger partial charge in [-0.05, 0) is 6.07 Å². The van der Waals surface area contributed by atoms with Crippen molar-refractivity contribution in [1.82, 2.24) is 10.6 Å². The van der Waals surface area contributed by atoms with E-state index in [0.717, 1.165) is 18.1 Å². The third kappa shape index (κ3) is 5.04. The largest absolute Gasteiger partial charge is 0.445 e. The van der Waals surface area contributed by atoms with Crippen LogP contribution in [0.3, 0.4) is 0 Å². The fourth-order valence-electron chi connectivity index (χ4n) is 1.81. The van der Waals surface area contributed by atoms with Gasteiger partial charge in [0.25, 0.3) is 0 Å². The minimum absolute atomic E-state index is 0.0324. The molecule has 0 aromatic carbocycles. The Balaban J connectivity index is 2.51. The first-order valence-electron chi connectivity index (χ1n) is 6.91. The molecule has 0 unspecified atom stereocenters. The molecule has 7 heteroatoms. The van der Waals surface area contributed by atoms with Crippen molar-refractivity contribution in [3.05, 3.63) is 29.3 Å². The molecule has 0 saturated heterocycles. The van der Waals surface area contributed by atoms with Crippen LogP contribution in [0.1, 0.15) is 5.76 Å². The van der Waals surface area contributed by atoms with Gasteiger partial charge in [0.15, 0.2) is 11.5 Å². The molecule has 0 bridgehead atoms. The summed E-state index contributed by atoms with van der Waals surface area (Å²) in [5.41, 5.74) is 0.0324. The average molecular weight is 303 g/mol. The number of ether oxygens (including phenoxy) is 1. The second-order valence-electron chi connectivity index (χ2n) is 4.55. The lowest BCUT2D eigenvalue weighted by atomic mass is 10.3. The van der Waals surface area contributed by atoms with Gasteiger partial charge in [-0.15, -0.1) is 0 Å². The van der Waals surface area contributed by atoms with Gasteiger partial charge < -0.3 is 24.7 Å². The van der Waals surface area contributed by atoms with Crippen LogP contribution in [0.2, 0.25) is 0 Å². The van der Waals surface area contributed by atoms with Crippen molar-refractivity contribution in [2.45, 2.75) is 6.42 Å². The Labute approximate surface area is 130 Å². The second kappa shape index (κ2) is 9.32. The lowest BCUT2D eigenvalue weighted by molar-refractivity contribution is 0.196. The second-order valence-corrected chi connectivity index (χ2v) is 4.55. The summed E-state index contributed by atoms with van der Waals surface area (Å²) < 4.78 is 10.7. The molecule has 1 rings (SSSR count). The third-order valence-corrected chi connectivity index (χ3v) is 3.05. The molecule has 0 aliphatic carbocycles. The van der Waals surface area contributed by atoms with Gasteiger partial charge in [-0.2, -0.15) is 10.5 Å². The number of hydrogen-bond donors (Lipinski definition) is 2. The molecule has 1 heterocycles. The predicted octanol–water partition coefficient (Wildman–Crippen LogP) is 0.972. The third-order valence-electron chi connectivity index (χ3n) is 3.05. The van der Waals surface area contributed by atoms with Crippen molar-refractivity contribution in [1.29, 1.82) is 10.5 Å². The molecular formula is C15H21N5O2. The van der Waals surface area contributed by atoms with E-state index in [-0.39, 0.29) is 5.57 Å². The van der Waals surface area contributed by atoms with Gasteiger partial charge in [-0.3, -0.25) is 0 Å². The molecule has 7 nitrogen and oxygen atoms in total. The highest BCUT2D eigenvalue weighted by Gasteiger charge is 2.08. The summed E-state index contributed by atoms with van der Waals surface area (Å²) in [6, 6.07) is 7.53. The van der Waals surface area contributed by atoms with E-state index in [1.807, 2.05) is 36.2 Å². The summed E-state index contributed by atoms with van der Waals surface area (Å²) in [7, 11) is 5.24. The Kier molecular flexibility index (Phi) is 7.38. The normalized spacial score (nSPS) is 9.50. The number of nitrogens with zero attached hydrogens (tertiary/aromatic N) is 3. The Morgan fingerprint density at radius 1 is 1.36 bits per heavy atom. The number of nitrogens with one attached hydrogen (secondary N) is 2. The Bertz CT molecular complexity index is 563. The van der Waals surface area contributed by atoms with Crippen LogP contribution in [0, 0.1) is 22.7 Å². The number of anilines is 1. The summed E-state index contributed by atoms with van der Waals surface area (Å²) in [5, 5.41) is 23.5. The van der Waals surface area contributed by atoms with Crippen molar-refractivity contribution < 1.29 is 9.15 Å². The summed E-state index contributed by atoms with van der Waals surface area (Å²) >= 11 is 0. The maximum Gasteiger partial charge on any atom is 0.195 e. The van der Waals surface area contributed by atoms with Crippen molar-refractivity contribution >= 4 is 5.88 Å². The van der Waals surface area contributed by atoms with Crippen LogP contribution in [-0.4, -0.2) is 40.9 Å². The highest BCUT2D eigenvalue weighted by Crippen LogP contribution is 2.17. The van der Waals surface area contributed by atoms with E-state index in [2.05, 4.69) is 10.6 Å². The number of likely N-dealkylation sites (N-methyl/N-ethyl adjacent to an activating group) is 1. The van der Waals surface area contributed by atoms with Gasteiger partial charge in [-0.1, -0.05) is 0 Å². The van der Waals surface area contributed by atoms with Crippen LogP contribution < -0.4 is 15.5 Å². The molecule has 0 atom stereocenters. The average Bonchev–Trinajstić information content (AvgIpc) is 3.01. The van der Waals surface area contributed by atoms with Crippen LogP contribution >= 0.6 is 0 Å². The first-order chi connectivity index (χ1) is 10.7. The number of rotatable bonds is 9. The molecule has 0 spiro atoms. The van der Waals surface area contributed by atoms with E-state index in [9.17, 15) is 0 Å². The summed E-state index contributed by atoms with van der Waals surface area (Å²) in [6.45, 7) is 1.85. The van der Waals surface area contributed by atoms with E-state index in [1.54, 1.807) is 14.2 Å². The van der Waals surface area contributed by atoms with Gasteiger partial charge in [0.05, 0.1) is 6.61 Å². The summed E-state index contributed by atoms with van der Waals surface area (Å²) in [5.74, 6) is 2.08. The Morgan fingerprint density at radius 2 is 2.09 bits per heavy atom. The molecule has 0 amide bonds. The van der Waals surface area contributed by atoms with Crippen molar-refractivity contribution in [3.8, 4) is 12.1 Å². The van der Waals surface area contributed by atoms with Crippen LogP contribution in [0.5, 0.6) is 0 Å². The van der Waals surface area contributed by atoms with Gasteiger partial charge in [0.2, 0.25) is 0 Å². The van der Waals surface area contributed by atoms with Gasteiger partial charge >= 0.3 is 0 Å². The minimum Gasteiger partial charge on any atom is -0.445 e. The fourth-order valence-corrected chi connectivity index (χ4v) is 1.81. The van der Waals surface area contributed by atoms with Crippen LogP contribution in [0.25, 0.3) is 0 Å². The highest BCUT2D eigenvalue weighted by atomic mass is 16.5. The number of hydrogen-bond acceptors (Lipinski definition) is 7. The lowest BCUT2D eigenvalue weighted by Crippen LogP contribution is -2.32. The fraction of sp³-hybridized carbons (Fsp3) is 0.467. The van der Waals surface area contributed by atoms with E-state index >= 15 is 0 Å². The molecule has 0 aliphatic rings. The highest BCUT2D eigenvalue weighted by molar-refractivity contribution is 5.39. The zero-order chi connectivity index (χ0) is 16.4. The van der Waals surface area contributed by atoms with E-state index in [1.165, 1.54) is 0 Å². The molecule has 0 aliphatic heterocycles. The van der Waals surface area contributed by atoms with Gasteiger partial charge in [0.1, 0.15) is 23.7 Å². The van der Waals surface area contributed by atoms with Crippen LogP contribution in [-0.2, 0) is 11.2 Å². The summed E-state index contributed by atoms with van der Waals surface area (Å²) in [4.78, 5) is 1.95. The van der Waals surface area contributed by atoms with E-state index in [4.69, 9.17) is 19.7 Å². The molecule has 1 aromatic heterocycles. The quantitative estimate of drug-likeness (QED) is 0.656. The topological polar surface area (TPSA) is 97.2 Å². The number of nitriles is 2. The Hall–Kier alpha value is -2.64. The minimum atomic E-state index is 0.0324. The van der Waals surface area contributed by atoms with Crippen molar-refractivity contribution in [3.63, 3.8) is 0 Å². The monoisotopic (exact) mass is 303 g/mol. The molecule has 2 N–H and O–H groups in total. The lowest BCUT2D eigenvalue weighted by Gasteiger charge is -2.17. The van der Waals surface area contributed by atoms with Crippen molar-refractivity contribution in [2.24, 2.45) is 0 Å². The van der Waals surface area contributed by atoms with Gasteiger partial charge in [-0.25, -0.2) is 0 Å². The predicted molar refractivity (Wildman–Crippen MR) is 82.9 cm³/mol.